The standard InChI is InChI=1S/C24H22N2O4S/c1-14-5-7-17(15(2)9-14)18-12-31-23-22(18)24(28)26(13-25-23)11-19(27)16-6-8-20(29-3)21(10-16)30-4/h5-10,12-13H,11H2,1-4H3. The SMILES string of the molecule is COc1ccc(C(=O)Cn2cnc3scc(-c4ccc(C)cc4C)c3c2=O)cc1OC. The molecule has 2 aromatic heterocycles. The van der Waals surface area contributed by atoms with Crippen LogP contribution in [0.25, 0.3) is 21.3 Å². The lowest BCUT2D eigenvalue weighted by Gasteiger charge is -2.10. The number of aromatic nitrogens is 2. The molecule has 0 aliphatic rings. The molecule has 2 aromatic carbocycles. The molecule has 0 N–H and O–H groups in total. The summed E-state index contributed by atoms with van der Waals surface area (Å²) in [7, 11) is 3.05. The van der Waals surface area contributed by atoms with Gasteiger partial charge in [-0.1, -0.05) is 23.8 Å². The summed E-state index contributed by atoms with van der Waals surface area (Å²) in [5.41, 5.74) is 4.31. The first-order chi connectivity index (χ1) is 14.9. The average Bonchev–Trinajstić information content (AvgIpc) is 3.19. The number of carbonyl (C=O) groups is 1. The van der Waals surface area contributed by atoms with E-state index in [2.05, 4.69) is 11.1 Å². The van der Waals surface area contributed by atoms with Gasteiger partial charge < -0.3 is 9.47 Å². The molecule has 6 nitrogen and oxygen atoms in total. The molecule has 0 saturated heterocycles. The molecule has 0 aliphatic heterocycles. The molecule has 0 saturated carbocycles. The van der Waals surface area contributed by atoms with Crippen molar-refractivity contribution in [3.8, 4) is 22.6 Å². The van der Waals surface area contributed by atoms with E-state index in [1.165, 1.54) is 36.5 Å². The van der Waals surface area contributed by atoms with Gasteiger partial charge in [0.05, 0.1) is 32.5 Å². The highest BCUT2D eigenvalue weighted by Gasteiger charge is 2.17. The quantitative estimate of drug-likeness (QED) is 0.414. The Morgan fingerprint density at radius 2 is 1.81 bits per heavy atom. The minimum Gasteiger partial charge on any atom is -0.493 e. The predicted octanol–water partition coefficient (Wildman–Crippen LogP) is 4.64. The summed E-state index contributed by atoms with van der Waals surface area (Å²) >= 11 is 1.43. The van der Waals surface area contributed by atoms with Gasteiger partial charge in [-0.05, 0) is 43.2 Å². The molecule has 31 heavy (non-hydrogen) atoms. The average molecular weight is 435 g/mol. The van der Waals surface area contributed by atoms with Crippen LogP contribution in [0.1, 0.15) is 21.5 Å². The van der Waals surface area contributed by atoms with Crippen LogP contribution >= 0.6 is 11.3 Å². The third kappa shape index (κ3) is 3.84. The van der Waals surface area contributed by atoms with Gasteiger partial charge in [0.25, 0.3) is 5.56 Å². The Morgan fingerprint density at radius 1 is 1.03 bits per heavy atom. The molecule has 0 bridgehead atoms. The van der Waals surface area contributed by atoms with Crippen LogP contribution in [-0.4, -0.2) is 29.6 Å². The van der Waals surface area contributed by atoms with Crippen molar-refractivity contribution in [3.63, 3.8) is 0 Å². The summed E-state index contributed by atoms with van der Waals surface area (Å²) in [6.07, 6.45) is 1.44. The van der Waals surface area contributed by atoms with Gasteiger partial charge in [0.1, 0.15) is 4.83 Å². The maximum absolute atomic E-state index is 13.3. The van der Waals surface area contributed by atoms with Crippen molar-refractivity contribution in [2.45, 2.75) is 20.4 Å². The van der Waals surface area contributed by atoms with E-state index in [0.717, 1.165) is 22.3 Å². The summed E-state index contributed by atoms with van der Waals surface area (Å²) in [6, 6.07) is 11.1. The van der Waals surface area contributed by atoms with Crippen molar-refractivity contribution >= 4 is 27.3 Å². The number of nitrogens with zero attached hydrogens (tertiary/aromatic N) is 2. The third-order valence-corrected chi connectivity index (χ3v) is 6.14. The van der Waals surface area contributed by atoms with E-state index in [4.69, 9.17) is 9.47 Å². The van der Waals surface area contributed by atoms with Crippen LogP contribution < -0.4 is 15.0 Å². The van der Waals surface area contributed by atoms with Crippen molar-refractivity contribution < 1.29 is 14.3 Å². The van der Waals surface area contributed by atoms with E-state index in [0.29, 0.717) is 27.3 Å². The van der Waals surface area contributed by atoms with Crippen molar-refractivity contribution in [3.05, 3.63) is 75.1 Å². The zero-order valence-corrected chi connectivity index (χ0v) is 18.6. The van der Waals surface area contributed by atoms with Crippen molar-refractivity contribution in [1.29, 1.82) is 0 Å². The Balaban J connectivity index is 1.73. The van der Waals surface area contributed by atoms with Gasteiger partial charge in [-0.25, -0.2) is 4.98 Å². The number of methoxy groups -OCH3 is 2. The highest BCUT2D eigenvalue weighted by atomic mass is 32.1. The highest BCUT2D eigenvalue weighted by Crippen LogP contribution is 2.33. The van der Waals surface area contributed by atoms with E-state index in [-0.39, 0.29) is 17.9 Å². The third-order valence-electron chi connectivity index (χ3n) is 5.25. The molecule has 4 aromatic rings. The van der Waals surface area contributed by atoms with Gasteiger partial charge in [0, 0.05) is 16.5 Å². The minimum atomic E-state index is -0.227. The number of hydrogen-bond acceptors (Lipinski definition) is 6. The maximum Gasteiger partial charge on any atom is 0.263 e. The Hall–Kier alpha value is -3.45. The lowest BCUT2D eigenvalue weighted by molar-refractivity contribution is 0.0970. The first-order valence-electron chi connectivity index (χ1n) is 9.72. The Kier molecular flexibility index (Phi) is 5.61. The van der Waals surface area contributed by atoms with Crippen LogP contribution in [0.15, 0.2) is 52.9 Å². The van der Waals surface area contributed by atoms with Gasteiger partial charge in [-0.2, -0.15) is 0 Å². The fourth-order valence-electron chi connectivity index (χ4n) is 3.65. The van der Waals surface area contributed by atoms with Crippen LogP contribution in [0.5, 0.6) is 11.5 Å². The van der Waals surface area contributed by atoms with Gasteiger partial charge in [-0.3, -0.25) is 14.2 Å². The monoisotopic (exact) mass is 434 g/mol. The zero-order valence-electron chi connectivity index (χ0n) is 17.8. The largest absolute Gasteiger partial charge is 0.493 e. The maximum atomic E-state index is 13.3. The fourth-order valence-corrected chi connectivity index (χ4v) is 4.55. The van der Waals surface area contributed by atoms with Crippen molar-refractivity contribution in [1.82, 2.24) is 9.55 Å². The second-order valence-corrected chi connectivity index (χ2v) is 8.18. The molecule has 0 atom stereocenters. The molecule has 0 radical (unpaired) electrons. The fraction of sp³-hybridized carbons (Fsp3) is 0.208. The predicted molar refractivity (Wildman–Crippen MR) is 123 cm³/mol. The van der Waals surface area contributed by atoms with Crippen LogP contribution in [0.4, 0.5) is 0 Å². The first-order valence-corrected chi connectivity index (χ1v) is 10.6. The zero-order chi connectivity index (χ0) is 22.1. The second-order valence-electron chi connectivity index (χ2n) is 7.32. The van der Waals surface area contributed by atoms with Gasteiger partial charge >= 0.3 is 0 Å². The minimum absolute atomic E-state index is 0.112. The molecule has 7 heteroatoms. The molecule has 2 heterocycles. The van der Waals surface area contributed by atoms with Crippen LogP contribution in [0, 0.1) is 13.8 Å². The molecule has 0 unspecified atom stereocenters. The van der Waals surface area contributed by atoms with Crippen molar-refractivity contribution in [2.24, 2.45) is 0 Å². The van der Waals surface area contributed by atoms with E-state index in [1.54, 1.807) is 18.2 Å². The van der Waals surface area contributed by atoms with Crippen LogP contribution in [0.3, 0.4) is 0 Å². The van der Waals surface area contributed by atoms with E-state index < -0.39 is 0 Å². The number of hydrogen-bond donors (Lipinski definition) is 0. The number of fused-ring (bicyclic) bond motifs is 1. The summed E-state index contributed by atoms with van der Waals surface area (Å²) < 4.78 is 11.9. The lowest BCUT2D eigenvalue weighted by atomic mass is 9.99. The summed E-state index contributed by atoms with van der Waals surface area (Å²) in [6.45, 7) is 3.96. The lowest BCUT2D eigenvalue weighted by Crippen LogP contribution is -2.24. The van der Waals surface area contributed by atoms with Gasteiger partial charge in [0.2, 0.25) is 0 Å². The normalized spacial score (nSPS) is 11.0. The van der Waals surface area contributed by atoms with Gasteiger partial charge in [0.15, 0.2) is 17.3 Å². The van der Waals surface area contributed by atoms with Crippen LogP contribution in [0.2, 0.25) is 0 Å². The van der Waals surface area contributed by atoms with Crippen molar-refractivity contribution in [2.75, 3.05) is 14.2 Å². The number of ether oxygens (including phenoxy) is 2. The number of thiophene rings is 1. The topological polar surface area (TPSA) is 70.4 Å². The Morgan fingerprint density at radius 3 is 2.52 bits per heavy atom. The summed E-state index contributed by atoms with van der Waals surface area (Å²) in [5.74, 6) is 0.785. The van der Waals surface area contributed by atoms with E-state index in [9.17, 15) is 9.59 Å². The highest BCUT2D eigenvalue weighted by molar-refractivity contribution is 7.17. The second kappa shape index (κ2) is 8.35. The Bertz CT molecular complexity index is 1350. The molecule has 0 fully saturated rings. The number of benzene rings is 2. The smallest absolute Gasteiger partial charge is 0.263 e. The molecular weight excluding hydrogens is 412 g/mol. The molecule has 0 aliphatic carbocycles. The number of ketones is 1. The molecule has 0 spiro atoms. The molecular formula is C24H22N2O4S. The van der Waals surface area contributed by atoms with E-state index in [1.807, 2.05) is 31.4 Å². The number of aryl methyl sites for hydroxylation is 2. The summed E-state index contributed by atoms with van der Waals surface area (Å²) in [5, 5.41) is 2.50. The number of Topliss-reactive ketones (excluding diaryl/α,β-unsaturated/α-hetero) is 1. The number of rotatable bonds is 6. The molecule has 158 valence electrons. The van der Waals surface area contributed by atoms with E-state index >= 15 is 0 Å². The summed E-state index contributed by atoms with van der Waals surface area (Å²) in [4.78, 5) is 31.2. The molecule has 0 amide bonds. The van der Waals surface area contributed by atoms with Gasteiger partial charge in [-0.15, -0.1) is 11.3 Å². The number of carbonyl (C=O) groups excluding carboxylic acids is 1. The first kappa shape index (κ1) is 20.8. The molecule has 4 rings (SSSR count). The van der Waals surface area contributed by atoms with Crippen LogP contribution in [-0.2, 0) is 6.54 Å². The Labute approximate surface area is 183 Å².